The maximum atomic E-state index is 14.5. The van der Waals surface area contributed by atoms with E-state index in [4.69, 9.17) is 20.2 Å². The number of aromatic nitrogens is 1. The number of methoxy groups -OCH3 is 2. The van der Waals surface area contributed by atoms with E-state index in [9.17, 15) is 24.0 Å². The summed E-state index contributed by atoms with van der Waals surface area (Å²) in [5, 5.41) is 2.57. The molecule has 0 unspecified atom stereocenters. The minimum Gasteiger partial charge on any atom is -0.399 e. The lowest BCUT2D eigenvalue weighted by Gasteiger charge is -2.41. The van der Waals surface area contributed by atoms with E-state index in [0.29, 0.717) is 43.6 Å². The number of benzene rings is 2. The summed E-state index contributed by atoms with van der Waals surface area (Å²) in [5.74, 6) is -1.39. The van der Waals surface area contributed by atoms with Gasteiger partial charge in [-0.15, -0.1) is 11.3 Å². The summed E-state index contributed by atoms with van der Waals surface area (Å²) in [7, 11) is 4.99. The zero-order chi connectivity index (χ0) is 48.0. The van der Waals surface area contributed by atoms with Crippen molar-refractivity contribution >= 4 is 46.2 Å². The van der Waals surface area contributed by atoms with Crippen LogP contribution in [0.4, 0.5) is 5.69 Å². The zero-order valence-electron chi connectivity index (χ0n) is 41.1. The van der Waals surface area contributed by atoms with Gasteiger partial charge in [0.05, 0.1) is 35.7 Å². The number of aryl methyl sites for hydroxylation is 1. The third-order valence-electron chi connectivity index (χ3n) is 14.2. The number of ether oxygens (including phenoxy) is 2. The number of nitrogen functional groups attached to an aromatic ring is 1. The van der Waals surface area contributed by atoms with Crippen LogP contribution in [0.1, 0.15) is 139 Å². The smallest absolute Gasteiger partial charge is 0.226 e. The van der Waals surface area contributed by atoms with Gasteiger partial charge in [0.25, 0.3) is 0 Å². The van der Waals surface area contributed by atoms with Crippen molar-refractivity contribution < 1.29 is 33.4 Å². The number of carbonyl (C=O) groups excluding carboxylic acids is 5. The molecule has 12 heteroatoms. The number of Topliss-reactive ketones (excluding diaryl/α,β-unsaturated/α-hetero) is 3. The minimum absolute atomic E-state index is 0.00901. The van der Waals surface area contributed by atoms with Crippen LogP contribution in [-0.2, 0) is 41.5 Å². The molecular formula is C53H78N4O7S. The van der Waals surface area contributed by atoms with Crippen molar-refractivity contribution in [1.29, 1.82) is 0 Å². The van der Waals surface area contributed by atoms with Crippen molar-refractivity contribution in [3.05, 3.63) is 81.8 Å². The first-order valence-corrected chi connectivity index (χ1v) is 24.8. The number of likely N-dealkylation sites (N-methyl/N-ethyl adjacent to an activating group) is 1. The van der Waals surface area contributed by atoms with Gasteiger partial charge in [0.15, 0.2) is 5.78 Å². The van der Waals surface area contributed by atoms with E-state index in [2.05, 4.69) is 13.8 Å². The molecule has 65 heavy (non-hydrogen) atoms. The second-order valence-corrected chi connectivity index (χ2v) is 20.2. The molecule has 0 bridgehead atoms. The van der Waals surface area contributed by atoms with Crippen molar-refractivity contribution in [3.63, 3.8) is 0 Å². The molecule has 0 radical (unpaired) electrons. The number of ketones is 3. The number of nitrogens with two attached hydrogens (primary N) is 1. The maximum absolute atomic E-state index is 14.5. The van der Waals surface area contributed by atoms with Crippen LogP contribution in [0.25, 0.3) is 0 Å². The molecule has 4 rings (SSSR count). The molecule has 358 valence electrons. The molecule has 0 saturated carbocycles. The number of anilines is 1. The Balaban J connectivity index is 1.48. The predicted octanol–water partition coefficient (Wildman–Crippen LogP) is 9.66. The van der Waals surface area contributed by atoms with E-state index in [-0.39, 0.29) is 84.1 Å². The molecule has 9 atom stereocenters. The van der Waals surface area contributed by atoms with Crippen LogP contribution in [0.15, 0.2) is 60.0 Å². The zero-order valence-corrected chi connectivity index (χ0v) is 41.9. The normalized spacial score (nSPS) is 17.9. The second-order valence-electron chi connectivity index (χ2n) is 19.3. The summed E-state index contributed by atoms with van der Waals surface area (Å²) in [6.45, 7) is 16.5. The average molecular weight is 915 g/mol. The monoisotopic (exact) mass is 915 g/mol. The van der Waals surface area contributed by atoms with Gasteiger partial charge in [-0.3, -0.25) is 24.0 Å². The summed E-state index contributed by atoms with van der Waals surface area (Å²) in [6.07, 6.45) is 3.94. The Morgan fingerprint density at radius 3 is 2.11 bits per heavy atom. The first kappa shape index (κ1) is 53.4. The molecular weight excluding hydrogens is 837 g/mol. The van der Waals surface area contributed by atoms with Gasteiger partial charge in [-0.2, -0.15) is 0 Å². The van der Waals surface area contributed by atoms with Crippen LogP contribution in [0.3, 0.4) is 0 Å². The molecule has 0 spiro atoms. The number of amides is 2. The lowest BCUT2D eigenvalue weighted by Crippen LogP contribution is -2.54. The predicted molar refractivity (Wildman–Crippen MR) is 261 cm³/mol. The van der Waals surface area contributed by atoms with E-state index in [1.807, 2.05) is 106 Å². The fraction of sp³-hybridized carbons (Fsp3) is 0.623. The number of thiazole rings is 1. The van der Waals surface area contributed by atoms with Crippen molar-refractivity contribution in [2.24, 2.45) is 35.5 Å². The Morgan fingerprint density at radius 1 is 0.846 bits per heavy atom. The Bertz CT molecular complexity index is 1980. The van der Waals surface area contributed by atoms with Crippen molar-refractivity contribution in [2.75, 3.05) is 33.5 Å². The molecule has 1 aliphatic rings. The van der Waals surface area contributed by atoms with E-state index in [0.717, 1.165) is 35.4 Å². The Hall–Kier alpha value is -4.26. The van der Waals surface area contributed by atoms with Crippen LogP contribution < -0.4 is 5.73 Å². The van der Waals surface area contributed by atoms with Crippen molar-refractivity contribution in [1.82, 2.24) is 14.8 Å². The highest BCUT2D eigenvalue weighted by Gasteiger charge is 2.43. The van der Waals surface area contributed by atoms with Crippen LogP contribution in [0.5, 0.6) is 0 Å². The van der Waals surface area contributed by atoms with Crippen molar-refractivity contribution in [2.45, 2.75) is 150 Å². The summed E-state index contributed by atoms with van der Waals surface area (Å²) >= 11 is 1.42. The number of nitrogens with zero attached hydrogens (tertiary/aromatic N) is 3. The van der Waals surface area contributed by atoms with E-state index < -0.39 is 30.1 Å². The first-order valence-electron chi connectivity index (χ1n) is 24.0. The Kier molecular flexibility index (Phi) is 21.0. The molecule has 3 aromatic rings. The van der Waals surface area contributed by atoms with Gasteiger partial charge in [-0.05, 0) is 73.1 Å². The fourth-order valence-electron chi connectivity index (χ4n) is 9.43. The van der Waals surface area contributed by atoms with E-state index >= 15 is 0 Å². The number of likely N-dealkylation sites (tertiary alicyclic amines) is 1. The number of hydrogen-bond donors (Lipinski definition) is 1. The highest BCUT2D eigenvalue weighted by molar-refractivity contribution is 7.10. The lowest BCUT2D eigenvalue weighted by molar-refractivity contribution is -0.149. The summed E-state index contributed by atoms with van der Waals surface area (Å²) in [6, 6.07) is 17.0. The van der Waals surface area contributed by atoms with Gasteiger partial charge in [-0.25, -0.2) is 4.98 Å². The van der Waals surface area contributed by atoms with Gasteiger partial charge in [0.1, 0.15) is 17.3 Å². The Morgan fingerprint density at radius 2 is 1.51 bits per heavy atom. The Labute approximate surface area is 393 Å². The molecule has 0 aliphatic carbocycles. The maximum Gasteiger partial charge on any atom is 0.226 e. The van der Waals surface area contributed by atoms with Crippen LogP contribution in [-0.4, -0.2) is 96.1 Å². The van der Waals surface area contributed by atoms with Gasteiger partial charge >= 0.3 is 0 Å². The third kappa shape index (κ3) is 14.6. The van der Waals surface area contributed by atoms with Crippen LogP contribution in [0.2, 0.25) is 0 Å². The molecule has 1 aromatic heterocycles. The van der Waals surface area contributed by atoms with Crippen LogP contribution in [0, 0.1) is 35.5 Å². The standard InChI is InChI=1S/C53H78N4O7S/c1-12-35(6)50(56(9)53(62)42(34(4)5)30-47(60)36(7)33(2)3)48(63-10)31-49(61)57-27-17-21-44(57)51(64-11)37(8)46(59)29-40(28-39-18-14-13-15-19-39)52-55-43(32-65-52)45(58)22-16-20-38-23-25-41(54)26-24-38/h13-15,18-19,23-26,32-37,40,42,44,48,50-51H,12,16-17,20-22,27-31,54H2,1-11H3/t35-,36-,37-,40+,42-,44-,48+,50-,51+/m0/s1. The molecule has 2 heterocycles. The number of rotatable bonds is 27. The summed E-state index contributed by atoms with van der Waals surface area (Å²) in [4.78, 5) is 78.2. The van der Waals surface area contributed by atoms with Gasteiger partial charge in [0, 0.05) is 81.8 Å². The topological polar surface area (TPSA) is 149 Å². The SMILES string of the molecule is CC[C@H](C)[C@@H]([C@@H](CC(=O)N1CCC[C@H]1[C@H](OC)[C@@H](C)C(=O)C[C@@H](Cc1ccccc1)c1nc(C(=O)CCCc2ccc(N)cc2)cs1)OC)N(C)C(=O)[C@@H](CC(=O)[C@@H](C)C(C)C)C(C)C. The summed E-state index contributed by atoms with van der Waals surface area (Å²) < 4.78 is 12.2. The van der Waals surface area contributed by atoms with Gasteiger partial charge in [0.2, 0.25) is 11.8 Å². The highest BCUT2D eigenvalue weighted by Crippen LogP contribution is 2.34. The largest absolute Gasteiger partial charge is 0.399 e. The molecule has 1 aliphatic heterocycles. The molecule has 1 saturated heterocycles. The number of hydrogen-bond acceptors (Lipinski definition) is 10. The molecule has 1 fully saturated rings. The van der Waals surface area contributed by atoms with E-state index in [1.165, 1.54) is 11.3 Å². The molecule has 2 amide bonds. The quantitative estimate of drug-likeness (QED) is 0.0583. The first-order chi connectivity index (χ1) is 30.9. The van der Waals surface area contributed by atoms with Crippen molar-refractivity contribution in [3.8, 4) is 0 Å². The summed E-state index contributed by atoms with van der Waals surface area (Å²) in [5.41, 5.74) is 9.18. The second kappa shape index (κ2) is 25.6. The fourth-order valence-corrected chi connectivity index (χ4v) is 10.4. The minimum atomic E-state index is -0.594. The lowest BCUT2D eigenvalue weighted by atomic mass is 9.82. The number of carbonyl (C=O) groups is 5. The van der Waals surface area contributed by atoms with Gasteiger partial charge < -0.3 is 25.0 Å². The van der Waals surface area contributed by atoms with Gasteiger partial charge in [-0.1, -0.05) is 104 Å². The third-order valence-corrected chi connectivity index (χ3v) is 15.2. The molecule has 2 aromatic carbocycles. The van der Waals surface area contributed by atoms with Crippen LogP contribution >= 0.6 is 11.3 Å². The molecule has 2 N–H and O–H groups in total. The molecule has 11 nitrogen and oxygen atoms in total. The van der Waals surface area contributed by atoms with E-state index in [1.54, 1.807) is 26.2 Å². The average Bonchev–Trinajstić information content (AvgIpc) is 3.99. The highest BCUT2D eigenvalue weighted by atomic mass is 32.1.